The van der Waals surface area contributed by atoms with Crippen LogP contribution in [0.5, 0.6) is 0 Å². The van der Waals surface area contributed by atoms with E-state index in [-0.39, 0.29) is 5.54 Å². The predicted molar refractivity (Wildman–Crippen MR) is 72.6 cm³/mol. The number of imidazole rings is 1. The Morgan fingerprint density at radius 1 is 1.28 bits per heavy atom. The van der Waals surface area contributed by atoms with Crippen molar-refractivity contribution < 1.29 is 0 Å². The molecule has 1 aliphatic rings. The average Bonchev–Trinajstić information content (AvgIpc) is 2.99. The summed E-state index contributed by atoms with van der Waals surface area (Å²) >= 11 is 0. The van der Waals surface area contributed by atoms with Crippen molar-refractivity contribution in [2.75, 3.05) is 0 Å². The molecule has 0 saturated heterocycles. The zero-order valence-electron chi connectivity index (χ0n) is 10.8. The van der Waals surface area contributed by atoms with Crippen LogP contribution in [-0.4, -0.2) is 9.55 Å². The number of hydrogen-bond acceptors (Lipinski definition) is 2. The third kappa shape index (κ3) is 1.85. The lowest BCUT2D eigenvalue weighted by atomic mass is 9.89. The Morgan fingerprint density at radius 2 is 2.06 bits per heavy atom. The molecule has 0 radical (unpaired) electrons. The molecule has 94 valence electrons. The average molecular weight is 241 g/mol. The maximum atomic E-state index is 6.52. The Balaban J connectivity index is 2.02. The second kappa shape index (κ2) is 4.25. The molecule has 0 amide bonds. The smallest absolute Gasteiger partial charge is 0.110 e. The number of nitrogens with two attached hydrogens (primary N) is 1. The molecular weight excluding hydrogens is 222 g/mol. The summed E-state index contributed by atoms with van der Waals surface area (Å²) < 4.78 is 2.10. The van der Waals surface area contributed by atoms with Crippen LogP contribution in [0.3, 0.4) is 0 Å². The Morgan fingerprint density at radius 3 is 2.72 bits per heavy atom. The number of aryl methyl sites for hydroxylation is 1. The van der Waals surface area contributed by atoms with Crippen LogP contribution < -0.4 is 5.73 Å². The summed E-state index contributed by atoms with van der Waals surface area (Å²) in [6.45, 7) is 2.01. The quantitative estimate of drug-likeness (QED) is 0.878. The first-order chi connectivity index (χ1) is 8.69. The second-order valence-corrected chi connectivity index (χ2v) is 5.26. The Bertz CT molecular complexity index is 550. The SMILES string of the molecule is Cc1nccn1-c1cccc(C2(N)CCCC2)c1. The molecule has 0 spiro atoms. The van der Waals surface area contributed by atoms with Gasteiger partial charge in [-0.2, -0.15) is 0 Å². The zero-order valence-corrected chi connectivity index (χ0v) is 10.8. The molecule has 1 aliphatic carbocycles. The largest absolute Gasteiger partial charge is 0.321 e. The summed E-state index contributed by atoms with van der Waals surface area (Å²) in [5.74, 6) is 1.00. The third-order valence-corrected chi connectivity index (χ3v) is 4.02. The molecule has 0 unspecified atom stereocenters. The van der Waals surface area contributed by atoms with Gasteiger partial charge in [0.1, 0.15) is 5.82 Å². The van der Waals surface area contributed by atoms with Gasteiger partial charge in [-0.3, -0.25) is 0 Å². The van der Waals surface area contributed by atoms with Gasteiger partial charge in [-0.25, -0.2) is 4.98 Å². The van der Waals surface area contributed by atoms with Crippen molar-refractivity contribution >= 4 is 0 Å². The molecule has 3 heteroatoms. The second-order valence-electron chi connectivity index (χ2n) is 5.26. The van der Waals surface area contributed by atoms with Crippen LogP contribution in [-0.2, 0) is 5.54 Å². The van der Waals surface area contributed by atoms with E-state index in [9.17, 15) is 0 Å². The minimum Gasteiger partial charge on any atom is -0.321 e. The minimum absolute atomic E-state index is 0.121. The number of aromatic nitrogens is 2. The summed E-state index contributed by atoms with van der Waals surface area (Å²) in [5, 5.41) is 0. The van der Waals surface area contributed by atoms with Crippen molar-refractivity contribution in [2.24, 2.45) is 5.73 Å². The lowest BCUT2D eigenvalue weighted by Crippen LogP contribution is -2.33. The van der Waals surface area contributed by atoms with Gasteiger partial charge >= 0.3 is 0 Å². The molecular formula is C15H19N3. The highest BCUT2D eigenvalue weighted by atomic mass is 15.1. The van der Waals surface area contributed by atoms with Crippen molar-refractivity contribution in [3.8, 4) is 5.69 Å². The van der Waals surface area contributed by atoms with Gasteiger partial charge in [0.2, 0.25) is 0 Å². The first-order valence-corrected chi connectivity index (χ1v) is 6.59. The number of benzene rings is 1. The van der Waals surface area contributed by atoms with Crippen LogP contribution in [0.15, 0.2) is 36.7 Å². The fourth-order valence-corrected chi connectivity index (χ4v) is 2.91. The zero-order chi connectivity index (χ0) is 12.6. The Labute approximate surface area is 108 Å². The van der Waals surface area contributed by atoms with Gasteiger partial charge in [-0.05, 0) is 37.5 Å². The Hall–Kier alpha value is -1.61. The molecule has 1 heterocycles. The van der Waals surface area contributed by atoms with Gasteiger partial charge < -0.3 is 10.3 Å². The summed E-state index contributed by atoms with van der Waals surface area (Å²) in [4.78, 5) is 4.27. The van der Waals surface area contributed by atoms with E-state index in [1.54, 1.807) is 0 Å². The molecule has 3 nitrogen and oxygen atoms in total. The van der Waals surface area contributed by atoms with E-state index < -0.39 is 0 Å². The lowest BCUT2D eigenvalue weighted by molar-refractivity contribution is 0.461. The molecule has 0 atom stereocenters. The molecule has 1 fully saturated rings. The van der Waals surface area contributed by atoms with Crippen molar-refractivity contribution in [2.45, 2.75) is 38.1 Å². The summed E-state index contributed by atoms with van der Waals surface area (Å²) in [6.07, 6.45) is 8.50. The van der Waals surface area contributed by atoms with E-state index >= 15 is 0 Å². The molecule has 0 bridgehead atoms. The molecule has 2 aromatic rings. The van der Waals surface area contributed by atoms with Gasteiger partial charge in [0.05, 0.1) is 0 Å². The van der Waals surface area contributed by atoms with E-state index in [0.29, 0.717) is 0 Å². The highest BCUT2D eigenvalue weighted by Crippen LogP contribution is 2.36. The third-order valence-electron chi connectivity index (χ3n) is 4.02. The van der Waals surface area contributed by atoms with Gasteiger partial charge in [-0.15, -0.1) is 0 Å². The highest BCUT2D eigenvalue weighted by Gasteiger charge is 2.31. The molecule has 18 heavy (non-hydrogen) atoms. The fourth-order valence-electron chi connectivity index (χ4n) is 2.91. The number of nitrogens with zero attached hydrogens (tertiary/aromatic N) is 2. The van der Waals surface area contributed by atoms with E-state index in [1.807, 2.05) is 19.3 Å². The fraction of sp³-hybridized carbons (Fsp3) is 0.400. The predicted octanol–water partition coefficient (Wildman–Crippen LogP) is 2.91. The van der Waals surface area contributed by atoms with Crippen molar-refractivity contribution in [1.29, 1.82) is 0 Å². The van der Waals surface area contributed by atoms with Gasteiger partial charge in [0.15, 0.2) is 0 Å². The molecule has 3 rings (SSSR count). The van der Waals surface area contributed by atoms with Crippen LogP contribution in [0.4, 0.5) is 0 Å². The highest BCUT2D eigenvalue weighted by molar-refractivity contribution is 5.40. The normalized spacial score (nSPS) is 18.1. The maximum absolute atomic E-state index is 6.52. The standard InChI is InChI=1S/C15H19N3/c1-12-17-9-10-18(12)14-6-4-5-13(11-14)15(16)7-2-3-8-15/h4-6,9-11H,2-3,7-8,16H2,1H3. The monoisotopic (exact) mass is 241 g/mol. The molecule has 1 aromatic heterocycles. The number of rotatable bonds is 2. The summed E-state index contributed by atoms with van der Waals surface area (Å²) in [6, 6.07) is 8.56. The van der Waals surface area contributed by atoms with E-state index in [0.717, 1.165) is 24.4 Å². The van der Waals surface area contributed by atoms with Crippen LogP contribution in [0, 0.1) is 6.92 Å². The van der Waals surface area contributed by atoms with Crippen LogP contribution >= 0.6 is 0 Å². The van der Waals surface area contributed by atoms with E-state index in [1.165, 1.54) is 18.4 Å². The van der Waals surface area contributed by atoms with Crippen LogP contribution in [0.25, 0.3) is 5.69 Å². The summed E-state index contributed by atoms with van der Waals surface area (Å²) in [5.41, 5.74) is 8.80. The van der Waals surface area contributed by atoms with E-state index in [4.69, 9.17) is 5.73 Å². The first-order valence-electron chi connectivity index (χ1n) is 6.59. The molecule has 1 aromatic carbocycles. The van der Waals surface area contributed by atoms with Crippen molar-refractivity contribution in [3.05, 3.63) is 48.0 Å². The molecule has 2 N–H and O–H groups in total. The van der Waals surface area contributed by atoms with Gasteiger partial charge in [0.25, 0.3) is 0 Å². The Kier molecular flexibility index (Phi) is 2.71. The van der Waals surface area contributed by atoms with Crippen molar-refractivity contribution in [1.82, 2.24) is 9.55 Å². The van der Waals surface area contributed by atoms with E-state index in [2.05, 4.69) is 33.8 Å². The molecule has 1 saturated carbocycles. The van der Waals surface area contributed by atoms with Crippen LogP contribution in [0.1, 0.15) is 37.1 Å². The number of hydrogen-bond donors (Lipinski definition) is 1. The molecule has 0 aliphatic heterocycles. The lowest BCUT2D eigenvalue weighted by Gasteiger charge is -2.24. The summed E-state index contributed by atoms with van der Waals surface area (Å²) in [7, 11) is 0. The van der Waals surface area contributed by atoms with Gasteiger partial charge in [0, 0.05) is 23.6 Å². The first kappa shape index (κ1) is 11.5. The van der Waals surface area contributed by atoms with Crippen LogP contribution in [0.2, 0.25) is 0 Å². The topological polar surface area (TPSA) is 43.8 Å². The minimum atomic E-state index is -0.121. The van der Waals surface area contributed by atoms with Gasteiger partial charge in [-0.1, -0.05) is 25.0 Å². The maximum Gasteiger partial charge on any atom is 0.110 e. The van der Waals surface area contributed by atoms with Crippen molar-refractivity contribution in [3.63, 3.8) is 0 Å².